The molecule has 0 aromatic carbocycles. The number of hydrogen-bond donors (Lipinski definition) is 1. The number of rotatable bonds is 3. The van der Waals surface area contributed by atoms with Crippen LogP contribution in [0.1, 0.15) is 31.1 Å². The van der Waals surface area contributed by atoms with Crippen molar-refractivity contribution in [2.45, 2.75) is 26.4 Å². The van der Waals surface area contributed by atoms with Crippen molar-refractivity contribution in [1.82, 2.24) is 9.69 Å². The van der Waals surface area contributed by atoms with Crippen molar-refractivity contribution in [3.63, 3.8) is 0 Å². The summed E-state index contributed by atoms with van der Waals surface area (Å²) in [6.45, 7) is 5.21. The van der Waals surface area contributed by atoms with Gasteiger partial charge in [0.05, 0.1) is 18.3 Å². The SMILES string of the molecule is CC(C)(C)OC(=O)NCC(=O)c1cnsc1. The highest BCUT2D eigenvalue weighted by atomic mass is 32.1. The van der Waals surface area contributed by atoms with E-state index in [-0.39, 0.29) is 12.3 Å². The number of nitrogens with zero attached hydrogens (tertiary/aromatic N) is 1. The Hall–Kier alpha value is -1.43. The third-order valence-corrected chi connectivity index (χ3v) is 2.13. The molecular weight excluding hydrogens is 228 g/mol. The molecule has 1 amide bonds. The highest BCUT2D eigenvalue weighted by Gasteiger charge is 2.17. The molecular formula is C10H14N2O3S. The number of nitrogens with one attached hydrogen (secondary N) is 1. The molecule has 0 fully saturated rings. The fourth-order valence-electron chi connectivity index (χ4n) is 0.911. The van der Waals surface area contributed by atoms with Crippen LogP contribution in [0.5, 0.6) is 0 Å². The first-order chi connectivity index (χ1) is 7.38. The Morgan fingerprint density at radius 2 is 2.19 bits per heavy atom. The summed E-state index contributed by atoms with van der Waals surface area (Å²) in [7, 11) is 0. The average Bonchev–Trinajstić information content (AvgIpc) is 2.64. The van der Waals surface area contributed by atoms with Crippen LogP contribution in [0, 0.1) is 0 Å². The van der Waals surface area contributed by atoms with Crippen molar-refractivity contribution in [2.24, 2.45) is 0 Å². The Morgan fingerprint density at radius 1 is 1.50 bits per heavy atom. The van der Waals surface area contributed by atoms with E-state index >= 15 is 0 Å². The average molecular weight is 242 g/mol. The Kier molecular flexibility index (Phi) is 4.00. The van der Waals surface area contributed by atoms with Gasteiger partial charge in [0.25, 0.3) is 0 Å². The molecule has 0 unspecified atom stereocenters. The van der Waals surface area contributed by atoms with Gasteiger partial charge >= 0.3 is 6.09 Å². The quantitative estimate of drug-likeness (QED) is 0.821. The molecule has 1 aromatic rings. The standard InChI is InChI=1S/C10H14N2O3S/c1-10(2,3)15-9(14)11-5-8(13)7-4-12-16-6-7/h4,6H,5H2,1-3H3,(H,11,14). The molecule has 1 aromatic heterocycles. The second kappa shape index (κ2) is 5.07. The summed E-state index contributed by atoms with van der Waals surface area (Å²) in [6, 6.07) is 0. The molecule has 88 valence electrons. The highest BCUT2D eigenvalue weighted by molar-refractivity contribution is 7.03. The molecule has 5 nitrogen and oxygen atoms in total. The van der Waals surface area contributed by atoms with Gasteiger partial charge in [0, 0.05) is 5.38 Å². The van der Waals surface area contributed by atoms with Gasteiger partial charge in [-0.25, -0.2) is 9.17 Å². The van der Waals surface area contributed by atoms with Gasteiger partial charge in [-0.2, -0.15) is 0 Å². The number of ether oxygens (including phenoxy) is 1. The summed E-state index contributed by atoms with van der Waals surface area (Å²) >= 11 is 1.20. The van der Waals surface area contributed by atoms with Crippen LogP contribution in [-0.2, 0) is 4.74 Å². The summed E-state index contributed by atoms with van der Waals surface area (Å²) < 4.78 is 8.80. The summed E-state index contributed by atoms with van der Waals surface area (Å²) in [5, 5.41) is 4.03. The number of Topliss-reactive ketones (excluding diaryl/α,β-unsaturated/α-hetero) is 1. The van der Waals surface area contributed by atoms with Crippen LogP contribution in [0.3, 0.4) is 0 Å². The van der Waals surface area contributed by atoms with Crippen molar-refractivity contribution < 1.29 is 14.3 Å². The molecule has 0 saturated heterocycles. The minimum absolute atomic E-state index is 0.0761. The lowest BCUT2D eigenvalue weighted by Gasteiger charge is -2.19. The number of aromatic nitrogens is 1. The molecule has 0 aliphatic carbocycles. The van der Waals surface area contributed by atoms with Gasteiger partial charge in [-0.15, -0.1) is 0 Å². The van der Waals surface area contributed by atoms with Crippen molar-refractivity contribution in [1.29, 1.82) is 0 Å². The molecule has 1 heterocycles. The largest absolute Gasteiger partial charge is 0.444 e. The number of carbonyl (C=O) groups excluding carboxylic acids is 2. The minimum Gasteiger partial charge on any atom is -0.444 e. The third kappa shape index (κ3) is 4.39. The highest BCUT2D eigenvalue weighted by Crippen LogP contribution is 2.06. The van der Waals surface area contributed by atoms with E-state index in [1.165, 1.54) is 17.7 Å². The van der Waals surface area contributed by atoms with E-state index in [0.717, 1.165) is 0 Å². The number of carbonyl (C=O) groups is 2. The predicted octanol–water partition coefficient (Wildman–Crippen LogP) is 1.85. The van der Waals surface area contributed by atoms with Crippen molar-refractivity contribution in [3.05, 3.63) is 17.1 Å². The summed E-state index contributed by atoms with van der Waals surface area (Å²) in [5.41, 5.74) is -0.0575. The maximum Gasteiger partial charge on any atom is 0.408 e. The van der Waals surface area contributed by atoms with Gasteiger partial charge < -0.3 is 10.1 Å². The van der Waals surface area contributed by atoms with Crippen LogP contribution in [-0.4, -0.2) is 28.4 Å². The van der Waals surface area contributed by atoms with Crippen molar-refractivity contribution >= 4 is 23.4 Å². The number of ketones is 1. The van der Waals surface area contributed by atoms with E-state index in [1.807, 2.05) is 0 Å². The van der Waals surface area contributed by atoms with Gasteiger partial charge in [-0.05, 0) is 32.3 Å². The topological polar surface area (TPSA) is 68.3 Å². The fraction of sp³-hybridized carbons (Fsp3) is 0.500. The van der Waals surface area contributed by atoms with Gasteiger partial charge in [0.15, 0.2) is 5.78 Å². The Balaban J connectivity index is 2.35. The molecule has 0 atom stereocenters. The molecule has 0 aliphatic heterocycles. The van der Waals surface area contributed by atoms with Gasteiger partial charge in [-0.3, -0.25) is 4.79 Å². The normalized spacial score (nSPS) is 10.9. The van der Waals surface area contributed by atoms with Gasteiger partial charge in [0.1, 0.15) is 5.60 Å². The molecule has 16 heavy (non-hydrogen) atoms. The van der Waals surface area contributed by atoms with Gasteiger partial charge in [0.2, 0.25) is 0 Å². The lowest BCUT2D eigenvalue weighted by atomic mass is 10.2. The van der Waals surface area contributed by atoms with Gasteiger partial charge in [-0.1, -0.05) is 0 Å². The first-order valence-electron chi connectivity index (χ1n) is 4.78. The third-order valence-electron chi connectivity index (χ3n) is 1.55. The first-order valence-corrected chi connectivity index (χ1v) is 5.61. The lowest BCUT2D eigenvalue weighted by Crippen LogP contribution is -2.35. The molecule has 1 rings (SSSR count). The maximum absolute atomic E-state index is 11.5. The Bertz CT molecular complexity index is 368. The second-order valence-electron chi connectivity index (χ2n) is 4.19. The number of alkyl carbamates (subject to hydrolysis) is 1. The zero-order chi connectivity index (χ0) is 12.2. The number of amides is 1. The summed E-state index contributed by atoms with van der Waals surface area (Å²) in [4.78, 5) is 22.7. The van der Waals surface area contributed by atoms with Crippen LogP contribution in [0.15, 0.2) is 11.6 Å². The zero-order valence-electron chi connectivity index (χ0n) is 9.44. The van der Waals surface area contributed by atoms with Crippen LogP contribution in [0.2, 0.25) is 0 Å². The fourth-order valence-corrected chi connectivity index (χ4v) is 1.45. The molecule has 6 heteroatoms. The Morgan fingerprint density at radius 3 is 2.69 bits per heavy atom. The molecule has 0 aliphatic rings. The predicted molar refractivity (Wildman–Crippen MR) is 60.7 cm³/mol. The van der Waals surface area contributed by atoms with E-state index in [0.29, 0.717) is 5.56 Å². The van der Waals surface area contributed by atoms with Crippen molar-refractivity contribution in [3.8, 4) is 0 Å². The van der Waals surface area contributed by atoms with E-state index in [9.17, 15) is 9.59 Å². The maximum atomic E-state index is 11.5. The van der Waals surface area contributed by atoms with Crippen LogP contribution < -0.4 is 5.32 Å². The van der Waals surface area contributed by atoms with Crippen LogP contribution in [0.4, 0.5) is 4.79 Å². The molecule has 0 spiro atoms. The van der Waals surface area contributed by atoms with Crippen LogP contribution >= 0.6 is 11.5 Å². The molecule has 1 N–H and O–H groups in total. The second-order valence-corrected chi connectivity index (χ2v) is 4.85. The molecule has 0 bridgehead atoms. The summed E-state index contributed by atoms with van der Waals surface area (Å²) in [6.07, 6.45) is 0.882. The smallest absolute Gasteiger partial charge is 0.408 e. The lowest BCUT2D eigenvalue weighted by molar-refractivity contribution is 0.0520. The molecule has 0 radical (unpaired) electrons. The minimum atomic E-state index is -0.593. The number of hydrogen-bond acceptors (Lipinski definition) is 5. The van der Waals surface area contributed by atoms with E-state index in [4.69, 9.17) is 4.74 Å². The first kappa shape index (κ1) is 12.6. The van der Waals surface area contributed by atoms with E-state index < -0.39 is 11.7 Å². The van der Waals surface area contributed by atoms with E-state index in [2.05, 4.69) is 9.69 Å². The Labute approximate surface area is 98.0 Å². The monoisotopic (exact) mass is 242 g/mol. The zero-order valence-corrected chi connectivity index (χ0v) is 10.3. The molecule has 0 saturated carbocycles. The van der Waals surface area contributed by atoms with E-state index in [1.54, 1.807) is 26.2 Å². The van der Waals surface area contributed by atoms with Crippen molar-refractivity contribution in [2.75, 3.05) is 6.54 Å². The van der Waals surface area contributed by atoms with Crippen LogP contribution in [0.25, 0.3) is 0 Å². The summed E-state index contributed by atoms with van der Waals surface area (Å²) in [5.74, 6) is -0.181.